The summed E-state index contributed by atoms with van der Waals surface area (Å²) >= 11 is 12.2. The predicted octanol–water partition coefficient (Wildman–Crippen LogP) is 6.38. The van der Waals surface area contributed by atoms with Gasteiger partial charge in [0, 0.05) is 41.8 Å². The van der Waals surface area contributed by atoms with Crippen molar-refractivity contribution in [2.45, 2.75) is 39.8 Å². The van der Waals surface area contributed by atoms with Crippen LogP contribution in [0.25, 0.3) is 10.9 Å². The van der Waals surface area contributed by atoms with Gasteiger partial charge >= 0.3 is 12.0 Å². The second-order valence-corrected chi connectivity index (χ2v) is 9.89. The standard InChI is InChI=1S/C25H29Cl2N3O4/c1-16(2)15-30(24(33)28-21-7-5-18(26)14-20(21)27)12-11-29-10-9-17-13-19(6-8-22(17)29)34-25(3,4)23(31)32/h5-10,13-14,16H,11-12,15H2,1-4H3,(H,28,33)(H,31,32). The van der Waals surface area contributed by atoms with Crippen LogP contribution in [0.3, 0.4) is 0 Å². The molecule has 0 bridgehead atoms. The van der Waals surface area contributed by atoms with Crippen molar-refractivity contribution >= 4 is 51.8 Å². The van der Waals surface area contributed by atoms with Crippen molar-refractivity contribution in [2.24, 2.45) is 5.92 Å². The normalized spacial score (nSPS) is 11.6. The number of urea groups is 1. The average Bonchev–Trinajstić information content (AvgIpc) is 3.14. The average molecular weight is 506 g/mol. The molecule has 2 amide bonds. The first-order chi connectivity index (χ1) is 16.0. The first-order valence-electron chi connectivity index (χ1n) is 11.0. The lowest BCUT2D eigenvalue weighted by Crippen LogP contribution is -2.39. The van der Waals surface area contributed by atoms with E-state index >= 15 is 0 Å². The molecular formula is C25H29Cl2N3O4. The molecule has 0 unspecified atom stereocenters. The molecule has 1 aromatic heterocycles. The number of amides is 2. The maximum Gasteiger partial charge on any atom is 0.347 e. The molecular weight excluding hydrogens is 477 g/mol. The summed E-state index contributed by atoms with van der Waals surface area (Å²) in [5.41, 5.74) is 0.146. The summed E-state index contributed by atoms with van der Waals surface area (Å²) in [7, 11) is 0. The first kappa shape index (κ1) is 25.7. The maximum absolute atomic E-state index is 13.0. The molecule has 9 heteroatoms. The minimum atomic E-state index is -1.33. The Balaban J connectivity index is 1.72. The van der Waals surface area contributed by atoms with Gasteiger partial charge in [-0.3, -0.25) is 0 Å². The minimum Gasteiger partial charge on any atom is -0.478 e. The minimum absolute atomic E-state index is 0.235. The summed E-state index contributed by atoms with van der Waals surface area (Å²) in [5.74, 6) is -0.267. The van der Waals surface area contributed by atoms with E-state index in [-0.39, 0.29) is 11.9 Å². The fourth-order valence-corrected chi connectivity index (χ4v) is 3.96. The van der Waals surface area contributed by atoms with Gasteiger partial charge in [0.15, 0.2) is 5.60 Å². The number of nitrogens with one attached hydrogen (secondary N) is 1. The summed E-state index contributed by atoms with van der Waals surface area (Å²) in [6, 6.07) is 12.1. The Hall–Kier alpha value is -2.90. The van der Waals surface area contributed by atoms with Crippen molar-refractivity contribution in [3.8, 4) is 5.75 Å². The predicted molar refractivity (Wildman–Crippen MR) is 136 cm³/mol. The van der Waals surface area contributed by atoms with Crippen LogP contribution < -0.4 is 10.1 Å². The first-order valence-corrected chi connectivity index (χ1v) is 11.7. The van der Waals surface area contributed by atoms with E-state index in [9.17, 15) is 14.7 Å². The summed E-state index contributed by atoms with van der Waals surface area (Å²) in [6.07, 6.45) is 1.94. The Kier molecular flexibility index (Phi) is 8.00. The van der Waals surface area contributed by atoms with Crippen LogP contribution in [0, 0.1) is 5.92 Å². The zero-order valence-electron chi connectivity index (χ0n) is 19.6. The van der Waals surface area contributed by atoms with Crippen LogP contribution in [0.4, 0.5) is 10.5 Å². The van der Waals surface area contributed by atoms with E-state index in [0.717, 1.165) is 10.9 Å². The molecule has 2 aromatic carbocycles. The molecule has 7 nitrogen and oxygen atoms in total. The molecule has 0 aliphatic carbocycles. The molecule has 0 aliphatic heterocycles. The highest BCUT2D eigenvalue weighted by Crippen LogP contribution is 2.27. The van der Waals surface area contributed by atoms with Crippen LogP contribution in [-0.4, -0.2) is 45.3 Å². The highest BCUT2D eigenvalue weighted by molar-refractivity contribution is 6.36. The quantitative estimate of drug-likeness (QED) is 0.353. The number of carboxylic acids is 1. The number of halogens is 2. The number of anilines is 1. The largest absolute Gasteiger partial charge is 0.478 e. The van der Waals surface area contributed by atoms with Gasteiger partial charge in [0.25, 0.3) is 0 Å². The van der Waals surface area contributed by atoms with Crippen LogP contribution in [0.2, 0.25) is 10.0 Å². The zero-order valence-corrected chi connectivity index (χ0v) is 21.2. The second kappa shape index (κ2) is 10.6. The monoisotopic (exact) mass is 505 g/mol. The Labute approximate surface area is 209 Å². The molecule has 0 atom stereocenters. The summed E-state index contributed by atoms with van der Waals surface area (Å²) in [6.45, 7) is 8.79. The number of aromatic nitrogens is 1. The van der Waals surface area contributed by atoms with Gasteiger partial charge in [-0.15, -0.1) is 0 Å². The van der Waals surface area contributed by atoms with Gasteiger partial charge in [0.05, 0.1) is 10.7 Å². The Bertz CT molecular complexity index is 1190. The smallest absolute Gasteiger partial charge is 0.347 e. The fourth-order valence-electron chi connectivity index (χ4n) is 3.51. The summed E-state index contributed by atoms with van der Waals surface area (Å²) in [5, 5.41) is 14.0. The highest BCUT2D eigenvalue weighted by Gasteiger charge is 2.29. The van der Waals surface area contributed by atoms with E-state index in [2.05, 4.69) is 23.7 Å². The number of ether oxygens (including phenoxy) is 1. The molecule has 182 valence electrons. The second-order valence-electron chi connectivity index (χ2n) is 9.04. The summed E-state index contributed by atoms with van der Waals surface area (Å²) in [4.78, 5) is 26.1. The van der Waals surface area contributed by atoms with Gasteiger partial charge in [-0.05, 0) is 62.2 Å². The van der Waals surface area contributed by atoms with Crippen molar-refractivity contribution in [3.63, 3.8) is 0 Å². The number of fused-ring (bicyclic) bond motifs is 1. The number of hydrogen-bond acceptors (Lipinski definition) is 3. The van der Waals surface area contributed by atoms with E-state index in [1.807, 2.05) is 24.4 Å². The molecule has 0 saturated heterocycles. The molecule has 0 radical (unpaired) electrons. The maximum atomic E-state index is 13.0. The Morgan fingerprint density at radius 1 is 1.15 bits per heavy atom. The van der Waals surface area contributed by atoms with Crippen LogP contribution in [0.15, 0.2) is 48.7 Å². The van der Waals surface area contributed by atoms with Gasteiger partial charge in [-0.2, -0.15) is 0 Å². The van der Waals surface area contributed by atoms with Gasteiger partial charge in [-0.1, -0.05) is 37.0 Å². The van der Waals surface area contributed by atoms with Gasteiger partial charge in [-0.25, -0.2) is 9.59 Å². The van der Waals surface area contributed by atoms with Crippen molar-refractivity contribution in [1.82, 2.24) is 9.47 Å². The number of carbonyl (C=O) groups excluding carboxylic acids is 1. The van der Waals surface area contributed by atoms with E-state index in [4.69, 9.17) is 27.9 Å². The molecule has 0 spiro atoms. The molecule has 1 heterocycles. The topological polar surface area (TPSA) is 83.8 Å². The van der Waals surface area contributed by atoms with Crippen molar-refractivity contribution < 1.29 is 19.4 Å². The van der Waals surface area contributed by atoms with Crippen LogP contribution in [-0.2, 0) is 11.3 Å². The van der Waals surface area contributed by atoms with Crippen molar-refractivity contribution in [1.29, 1.82) is 0 Å². The van der Waals surface area contributed by atoms with Gasteiger partial charge in [0.1, 0.15) is 5.75 Å². The lowest BCUT2D eigenvalue weighted by molar-refractivity contribution is -0.152. The number of hydrogen-bond donors (Lipinski definition) is 2. The molecule has 0 fully saturated rings. The number of carboxylic acid groups (broad SMARTS) is 1. The third-order valence-corrected chi connectivity index (χ3v) is 5.83. The Morgan fingerprint density at radius 2 is 1.88 bits per heavy atom. The third kappa shape index (κ3) is 6.36. The molecule has 3 aromatic rings. The number of benzene rings is 2. The van der Waals surface area contributed by atoms with E-state index < -0.39 is 11.6 Å². The molecule has 2 N–H and O–H groups in total. The third-order valence-electron chi connectivity index (χ3n) is 5.29. The highest BCUT2D eigenvalue weighted by atomic mass is 35.5. The van der Waals surface area contributed by atoms with Crippen LogP contribution in [0.5, 0.6) is 5.75 Å². The molecule has 0 aliphatic rings. The fraction of sp³-hybridized carbons (Fsp3) is 0.360. The number of nitrogens with zero attached hydrogens (tertiary/aromatic N) is 2. The van der Waals surface area contributed by atoms with E-state index in [0.29, 0.717) is 41.1 Å². The van der Waals surface area contributed by atoms with Crippen LogP contribution in [0.1, 0.15) is 27.7 Å². The van der Waals surface area contributed by atoms with Gasteiger partial charge in [0.2, 0.25) is 0 Å². The zero-order chi connectivity index (χ0) is 25.0. The van der Waals surface area contributed by atoms with E-state index in [1.165, 1.54) is 13.8 Å². The molecule has 3 rings (SSSR count). The van der Waals surface area contributed by atoms with Crippen molar-refractivity contribution in [2.75, 3.05) is 18.4 Å². The van der Waals surface area contributed by atoms with Gasteiger partial charge < -0.3 is 24.6 Å². The number of carbonyl (C=O) groups is 2. The molecule has 34 heavy (non-hydrogen) atoms. The lowest BCUT2D eigenvalue weighted by Gasteiger charge is -2.25. The van der Waals surface area contributed by atoms with Crippen molar-refractivity contribution in [3.05, 3.63) is 58.7 Å². The number of aliphatic carboxylic acids is 1. The SMILES string of the molecule is CC(C)CN(CCn1ccc2cc(OC(C)(C)C(=O)O)ccc21)C(=O)Nc1ccc(Cl)cc1Cl. The molecule has 0 saturated carbocycles. The Morgan fingerprint density at radius 3 is 2.53 bits per heavy atom. The lowest BCUT2D eigenvalue weighted by atomic mass is 10.1. The summed E-state index contributed by atoms with van der Waals surface area (Å²) < 4.78 is 7.69. The number of rotatable bonds is 9. The van der Waals surface area contributed by atoms with E-state index in [1.54, 1.807) is 29.2 Å². The van der Waals surface area contributed by atoms with Crippen LogP contribution >= 0.6 is 23.2 Å².